The average Bonchev–Trinajstić information content (AvgIpc) is 2.78. The van der Waals surface area contributed by atoms with Crippen LogP contribution in [-0.2, 0) is 6.54 Å². The van der Waals surface area contributed by atoms with Crippen molar-refractivity contribution in [3.63, 3.8) is 0 Å². The van der Waals surface area contributed by atoms with Gasteiger partial charge in [-0.25, -0.2) is 4.98 Å². The Morgan fingerprint density at radius 1 is 1.05 bits per heavy atom. The summed E-state index contributed by atoms with van der Waals surface area (Å²) in [5, 5.41) is 7.52. The van der Waals surface area contributed by atoms with Crippen molar-refractivity contribution in [1.82, 2.24) is 19.5 Å². The molecule has 3 rings (SSSR count). The maximum absolute atomic E-state index is 7.52. The molecule has 0 bridgehead atoms. The number of nitrogen functional groups attached to an aromatic ring is 2. The zero-order valence-corrected chi connectivity index (χ0v) is 10.6. The van der Waals surface area contributed by atoms with Crippen molar-refractivity contribution in [2.45, 2.75) is 6.54 Å². The summed E-state index contributed by atoms with van der Waals surface area (Å²) in [6.45, 7) is 0.597. The van der Waals surface area contributed by atoms with Crippen LogP contribution in [0.15, 0.2) is 36.7 Å². The minimum absolute atomic E-state index is 0.154. The van der Waals surface area contributed by atoms with Crippen LogP contribution in [0.3, 0.4) is 0 Å². The lowest BCUT2D eigenvalue weighted by molar-refractivity contribution is 0.823. The first kappa shape index (κ1) is 12.1. The van der Waals surface area contributed by atoms with Gasteiger partial charge in [0, 0.05) is 6.54 Å². The fourth-order valence-electron chi connectivity index (χ4n) is 2.10. The van der Waals surface area contributed by atoms with Crippen LogP contribution < -0.4 is 17.1 Å². The molecule has 0 saturated carbocycles. The second kappa shape index (κ2) is 4.61. The molecular weight excluding hydrogens is 254 g/mol. The first-order valence-electron chi connectivity index (χ1n) is 6.02. The van der Waals surface area contributed by atoms with E-state index in [4.69, 9.17) is 16.9 Å². The molecule has 0 aliphatic carbocycles. The lowest BCUT2D eigenvalue weighted by atomic mass is 10.2. The number of hydrogen-bond acceptors (Lipinski definition) is 6. The normalized spacial score (nSPS) is 10.8. The lowest BCUT2D eigenvalue weighted by Gasteiger charge is -2.04. The van der Waals surface area contributed by atoms with Crippen LogP contribution >= 0.6 is 0 Å². The van der Waals surface area contributed by atoms with Crippen LogP contribution in [-0.4, -0.2) is 19.5 Å². The molecule has 7 heteroatoms. The van der Waals surface area contributed by atoms with E-state index in [-0.39, 0.29) is 17.3 Å². The summed E-state index contributed by atoms with van der Waals surface area (Å²) >= 11 is 0. The number of nitrogens with one attached hydrogen (secondary N) is 1. The third kappa shape index (κ3) is 2.05. The van der Waals surface area contributed by atoms with E-state index in [9.17, 15) is 0 Å². The highest BCUT2D eigenvalue weighted by Crippen LogP contribution is 2.20. The molecule has 3 aromatic rings. The number of anilines is 2. The zero-order chi connectivity index (χ0) is 14.1. The summed E-state index contributed by atoms with van der Waals surface area (Å²) in [5.41, 5.74) is 13.7. The van der Waals surface area contributed by atoms with E-state index in [1.165, 1.54) is 0 Å². The third-order valence-electron chi connectivity index (χ3n) is 2.97. The zero-order valence-electron chi connectivity index (χ0n) is 10.6. The molecule has 2 aromatic heterocycles. The molecule has 20 heavy (non-hydrogen) atoms. The second-order valence-corrected chi connectivity index (χ2v) is 4.37. The fraction of sp³-hybridized carbons (Fsp3) is 0.0769. The van der Waals surface area contributed by atoms with Gasteiger partial charge in [0.25, 0.3) is 0 Å². The van der Waals surface area contributed by atoms with E-state index >= 15 is 0 Å². The SMILES string of the molecule is N=c1nc(N)c2ncn(Cc3ccccc3)c2c(N)n1. The van der Waals surface area contributed by atoms with E-state index in [1.807, 2.05) is 34.9 Å². The van der Waals surface area contributed by atoms with Gasteiger partial charge in [-0.1, -0.05) is 30.3 Å². The Balaban J connectivity index is 2.21. The number of imidazole rings is 1. The van der Waals surface area contributed by atoms with Crippen molar-refractivity contribution in [3.05, 3.63) is 47.8 Å². The molecule has 5 N–H and O–H groups in total. The molecule has 100 valence electrons. The molecule has 0 atom stereocenters. The molecule has 0 amide bonds. The molecule has 0 aliphatic heterocycles. The van der Waals surface area contributed by atoms with Gasteiger partial charge in [-0.05, 0) is 5.56 Å². The molecule has 0 radical (unpaired) electrons. The Morgan fingerprint density at radius 2 is 1.75 bits per heavy atom. The summed E-state index contributed by atoms with van der Waals surface area (Å²) in [6.07, 6.45) is 1.65. The number of rotatable bonds is 2. The van der Waals surface area contributed by atoms with Gasteiger partial charge in [0.1, 0.15) is 11.0 Å². The van der Waals surface area contributed by atoms with E-state index in [0.29, 0.717) is 17.6 Å². The molecule has 0 spiro atoms. The Bertz CT molecular complexity index is 823. The number of fused-ring (bicyclic) bond motifs is 1. The van der Waals surface area contributed by atoms with Gasteiger partial charge in [0.05, 0.1) is 6.33 Å². The smallest absolute Gasteiger partial charge is 0.245 e. The van der Waals surface area contributed by atoms with Crippen LogP contribution in [0.2, 0.25) is 0 Å². The molecule has 0 aliphatic rings. The van der Waals surface area contributed by atoms with Crippen LogP contribution in [0.25, 0.3) is 11.0 Å². The van der Waals surface area contributed by atoms with Crippen molar-refractivity contribution in [3.8, 4) is 0 Å². The maximum atomic E-state index is 7.52. The number of benzene rings is 1. The summed E-state index contributed by atoms with van der Waals surface area (Å²) in [6, 6.07) is 9.91. The highest BCUT2D eigenvalue weighted by molar-refractivity contribution is 5.90. The Morgan fingerprint density at radius 3 is 2.50 bits per heavy atom. The van der Waals surface area contributed by atoms with Crippen molar-refractivity contribution >= 4 is 22.7 Å². The standard InChI is InChI=1S/C13H13N7/c14-11-9-10(12(15)19-13(16)18-11)20(7-17-9)6-8-4-2-1-3-5-8/h1-5,7H,6H2,(H5,14,15,16,18,19). The Hall–Kier alpha value is -2.96. The number of nitrogens with zero attached hydrogens (tertiary/aromatic N) is 4. The van der Waals surface area contributed by atoms with Crippen molar-refractivity contribution in [2.75, 3.05) is 11.5 Å². The fourth-order valence-corrected chi connectivity index (χ4v) is 2.10. The average molecular weight is 267 g/mol. The van der Waals surface area contributed by atoms with E-state index in [0.717, 1.165) is 5.56 Å². The Labute approximate surface area is 114 Å². The summed E-state index contributed by atoms with van der Waals surface area (Å²) in [4.78, 5) is 11.9. The third-order valence-corrected chi connectivity index (χ3v) is 2.97. The topological polar surface area (TPSA) is 119 Å². The molecule has 1 aromatic carbocycles. The number of hydrogen-bond donors (Lipinski definition) is 3. The number of aromatic nitrogens is 4. The van der Waals surface area contributed by atoms with Crippen molar-refractivity contribution < 1.29 is 0 Å². The minimum atomic E-state index is -0.218. The molecule has 0 saturated heterocycles. The van der Waals surface area contributed by atoms with Gasteiger partial charge in [-0.2, -0.15) is 9.97 Å². The summed E-state index contributed by atoms with van der Waals surface area (Å²) in [5.74, 6) is 0.351. The highest BCUT2D eigenvalue weighted by atomic mass is 15.1. The van der Waals surface area contributed by atoms with Crippen molar-refractivity contribution in [2.24, 2.45) is 0 Å². The van der Waals surface area contributed by atoms with E-state index < -0.39 is 0 Å². The molecule has 7 nitrogen and oxygen atoms in total. The van der Waals surface area contributed by atoms with Crippen LogP contribution in [0.5, 0.6) is 0 Å². The van der Waals surface area contributed by atoms with E-state index in [2.05, 4.69) is 15.0 Å². The molecule has 0 fully saturated rings. The monoisotopic (exact) mass is 267 g/mol. The first-order valence-corrected chi connectivity index (χ1v) is 6.02. The predicted octanol–water partition coefficient (Wildman–Crippen LogP) is 0.518. The largest absolute Gasteiger partial charge is 0.382 e. The van der Waals surface area contributed by atoms with Gasteiger partial charge in [-0.3, -0.25) is 5.41 Å². The van der Waals surface area contributed by atoms with Crippen molar-refractivity contribution in [1.29, 1.82) is 5.41 Å². The summed E-state index contributed by atoms with van der Waals surface area (Å²) < 4.78 is 1.85. The molecule has 2 heterocycles. The maximum Gasteiger partial charge on any atom is 0.245 e. The van der Waals surface area contributed by atoms with E-state index in [1.54, 1.807) is 6.33 Å². The van der Waals surface area contributed by atoms with Crippen LogP contribution in [0.4, 0.5) is 11.6 Å². The van der Waals surface area contributed by atoms with Crippen LogP contribution in [0.1, 0.15) is 5.56 Å². The second-order valence-electron chi connectivity index (χ2n) is 4.37. The van der Waals surface area contributed by atoms with Gasteiger partial charge >= 0.3 is 0 Å². The van der Waals surface area contributed by atoms with Gasteiger partial charge in [0.15, 0.2) is 11.6 Å². The minimum Gasteiger partial charge on any atom is -0.382 e. The van der Waals surface area contributed by atoms with Crippen LogP contribution in [0, 0.1) is 5.41 Å². The lowest BCUT2D eigenvalue weighted by Crippen LogP contribution is -2.10. The number of nitrogens with two attached hydrogens (primary N) is 2. The predicted molar refractivity (Wildman–Crippen MR) is 75.5 cm³/mol. The first-order chi connectivity index (χ1) is 9.65. The quantitative estimate of drug-likeness (QED) is 0.625. The summed E-state index contributed by atoms with van der Waals surface area (Å²) in [7, 11) is 0. The van der Waals surface area contributed by atoms with Gasteiger partial charge in [-0.15, -0.1) is 0 Å². The highest BCUT2D eigenvalue weighted by Gasteiger charge is 2.10. The van der Waals surface area contributed by atoms with Gasteiger partial charge in [0.2, 0.25) is 5.62 Å². The molecular formula is C13H13N7. The molecule has 0 unspecified atom stereocenters. The van der Waals surface area contributed by atoms with Gasteiger partial charge < -0.3 is 16.0 Å². The Kier molecular flexibility index (Phi) is 2.79.